The Morgan fingerprint density at radius 1 is 1.43 bits per heavy atom. The van der Waals surface area contributed by atoms with Gasteiger partial charge in [0.05, 0.1) is 10.7 Å². The molecule has 0 aromatic carbocycles. The van der Waals surface area contributed by atoms with Crippen LogP contribution in [-0.4, -0.2) is 4.98 Å². The summed E-state index contributed by atoms with van der Waals surface area (Å²) in [5.41, 5.74) is 7.45. The predicted molar refractivity (Wildman–Crippen MR) is 57.5 cm³/mol. The zero-order chi connectivity index (χ0) is 9.97. The Kier molecular flexibility index (Phi) is 2.65. The molecular weight excluding hydrogens is 244 g/mol. The highest BCUT2D eigenvalue weighted by atomic mass is 79.9. The van der Waals surface area contributed by atoms with E-state index >= 15 is 0 Å². The first kappa shape index (κ1) is 9.43. The van der Waals surface area contributed by atoms with Crippen molar-refractivity contribution in [2.45, 2.75) is 6.54 Å². The summed E-state index contributed by atoms with van der Waals surface area (Å²) in [6.07, 6.45) is 5.14. The molecule has 2 aromatic rings. The number of halogens is 1. The third-order valence-electron chi connectivity index (χ3n) is 1.91. The van der Waals surface area contributed by atoms with Crippen molar-refractivity contribution < 1.29 is 4.42 Å². The molecule has 14 heavy (non-hydrogen) atoms. The molecule has 0 saturated carbocycles. The van der Waals surface area contributed by atoms with Gasteiger partial charge in [0.2, 0.25) is 0 Å². The molecule has 0 fully saturated rings. The van der Waals surface area contributed by atoms with E-state index in [2.05, 4.69) is 20.9 Å². The summed E-state index contributed by atoms with van der Waals surface area (Å²) >= 11 is 3.40. The number of hydrogen-bond acceptors (Lipinski definition) is 3. The second-order valence-electron chi connectivity index (χ2n) is 2.88. The van der Waals surface area contributed by atoms with Crippen LogP contribution in [0.3, 0.4) is 0 Å². The normalized spacial score (nSPS) is 10.4. The second kappa shape index (κ2) is 3.94. The molecule has 0 aliphatic heterocycles. The fourth-order valence-corrected chi connectivity index (χ4v) is 1.65. The van der Waals surface area contributed by atoms with Gasteiger partial charge in [0.15, 0.2) is 0 Å². The Morgan fingerprint density at radius 2 is 2.29 bits per heavy atom. The second-order valence-corrected chi connectivity index (χ2v) is 3.74. The van der Waals surface area contributed by atoms with Gasteiger partial charge < -0.3 is 10.2 Å². The van der Waals surface area contributed by atoms with Crippen molar-refractivity contribution in [2.24, 2.45) is 5.73 Å². The molecule has 2 heterocycles. The number of rotatable bonds is 2. The molecule has 0 saturated heterocycles. The first-order valence-electron chi connectivity index (χ1n) is 4.18. The SMILES string of the molecule is NCc1cncc(-c2occc2Br)c1. The van der Waals surface area contributed by atoms with Gasteiger partial charge in [-0.15, -0.1) is 0 Å². The summed E-state index contributed by atoms with van der Waals surface area (Å²) in [5.74, 6) is 0.785. The number of nitrogens with zero attached hydrogens (tertiary/aromatic N) is 1. The highest BCUT2D eigenvalue weighted by Gasteiger charge is 2.06. The summed E-state index contributed by atoms with van der Waals surface area (Å²) in [7, 11) is 0. The van der Waals surface area contributed by atoms with Gasteiger partial charge in [-0.3, -0.25) is 4.98 Å². The van der Waals surface area contributed by atoms with Gasteiger partial charge in [0, 0.05) is 24.5 Å². The van der Waals surface area contributed by atoms with Gasteiger partial charge in [-0.05, 0) is 33.6 Å². The standard InChI is InChI=1S/C10H9BrN2O/c11-9-1-2-14-10(9)8-3-7(4-12)5-13-6-8/h1-3,5-6H,4,12H2. The van der Waals surface area contributed by atoms with Crippen LogP contribution in [0.4, 0.5) is 0 Å². The first-order valence-corrected chi connectivity index (χ1v) is 4.98. The summed E-state index contributed by atoms with van der Waals surface area (Å²) in [4.78, 5) is 4.09. The van der Waals surface area contributed by atoms with E-state index in [1.165, 1.54) is 0 Å². The van der Waals surface area contributed by atoms with Gasteiger partial charge in [-0.25, -0.2) is 0 Å². The van der Waals surface area contributed by atoms with Gasteiger partial charge in [-0.2, -0.15) is 0 Å². The number of furan rings is 1. The number of nitrogens with two attached hydrogens (primary N) is 1. The van der Waals surface area contributed by atoms with E-state index in [1.807, 2.05) is 12.1 Å². The smallest absolute Gasteiger partial charge is 0.149 e. The van der Waals surface area contributed by atoms with E-state index < -0.39 is 0 Å². The van der Waals surface area contributed by atoms with Crippen LogP contribution in [0.15, 0.2) is 39.7 Å². The Hall–Kier alpha value is -1.13. The van der Waals surface area contributed by atoms with Crippen LogP contribution in [0.2, 0.25) is 0 Å². The number of hydrogen-bond donors (Lipinski definition) is 1. The maximum Gasteiger partial charge on any atom is 0.149 e. The Balaban J connectivity index is 2.47. The molecule has 2 rings (SSSR count). The van der Waals surface area contributed by atoms with Crippen LogP contribution in [0.5, 0.6) is 0 Å². The Morgan fingerprint density at radius 3 is 2.93 bits per heavy atom. The van der Waals surface area contributed by atoms with E-state index in [0.29, 0.717) is 6.54 Å². The van der Waals surface area contributed by atoms with Gasteiger partial charge >= 0.3 is 0 Å². The van der Waals surface area contributed by atoms with E-state index in [4.69, 9.17) is 10.2 Å². The predicted octanol–water partition coefficient (Wildman–Crippen LogP) is 2.56. The third-order valence-corrected chi connectivity index (χ3v) is 2.53. The molecule has 4 heteroatoms. The van der Waals surface area contributed by atoms with Crippen molar-refractivity contribution in [3.8, 4) is 11.3 Å². The van der Waals surface area contributed by atoms with Crippen molar-refractivity contribution >= 4 is 15.9 Å². The van der Waals surface area contributed by atoms with Crippen molar-refractivity contribution in [3.05, 3.63) is 40.8 Å². The molecule has 0 bridgehead atoms. The molecule has 72 valence electrons. The molecular formula is C10H9BrN2O. The van der Waals surface area contributed by atoms with Crippen molar-refractivity contribution in [1.82, 2.24) is 4.98 Å². The monoisotopic (exact) mass is 252 g/mol. The third kappa shape index (κ3) is 1.71. The van der Waals surface area contributed by atoms with Crippen molar-refractivity contribution in [1.29, 1.82) is 0 Å². The van der Waals surface area contributed by atoms with Gasteiger partial charge in [0.1, 0.15) is 5.76 Å². The van der Waals surface area contributed by atoms with Crippen LogP contribution in [0, 0.1) is 0 Å². The molecule has 0 aliphatic carbocycles. The van der Waals surface area contributed by atoms with Crippen LogP contribution in [0.25, 0.3) is 11.3 Å². The zero-order valence-electron chi connectivity index (χ0n) is 7.40. The van der Waals surface area contributed by atoms with Gasteiger partial charge in [-0.1, -0.05) is 0 Å². The Bertz CT molecular complexity index is 439. The molecule has 2 aromatic heterocycles. The maximum atomic E-state index is 5.53. The van der Waals surface area contributed by atoms with Crippen LogP contribution in [-0.2, 0) is 6.54 Å². The lowest BCUT2D eigenvalue weighted by atomic mass is 10.2. The van der Waals surface area contributed by atoms with Gasteiger partial charge in [0.25, 0.3) is 0 Å². The first-order chi connectivity index (χ1) is 6.81. The molecule has 0 amide bonds. The number of pyridine rings is 1. The minimum absolute atomic E-state index is 0.485. The Labute approximate surface area is 90.1 Å². The largest absolute Gasteiger partial charge is 0.463 e. The highest BCUT2D eigenvalue weighted by Crippen LogP contribution is 2.28. The highest BCUT2D eigenvalue weighted by molar-refractivity contribution is 9.10. The van der Waals surface area contributed by atoms with Crippen LogP contribution >= 0.6 is 15.9 Å². The molecule has 0 unspecified atom stereocenters. The van der Waals surface area contributed by atoms with Crippen molar-refractivity contribution in [2.75, 3.05) is 0 Å². The van der Waals surface area contributed by atoms with E-state index in [0.717, 1.165) is 21.4 Å². The fourth-order valence-electron chi connectivity index (χ4n) is 1.22. The lowest BCUT2D eigenvalue weighted by Gasteiger charge is -2.00. The summed E-state index contributed by atoms with van der Waals surface area (Å²) < 4.78 is 6.25. The summed E-state index contributed by atoms with van der Waals surface area (Å²) in [6, 6.07) is 3.82. The average Bonchev–Trinajstić information content (AvgIpc) is 2.65. The lowest BCUT2D eigenvalue weighted by molar-refractivity contribution is 0.581. The van der Waals surface area contributed by atoms with Crippen molar-refractivity contribution in [3.63, 3.8) is 0 Å². The molecule has 0 spiro atoms. The minimum Gasteiger partial charge on any atom is -0.463 e. The van der Waals surface area contributed by atoms with Crippen LogP contribution < -0.4 is 5.73 Å². The maximum absolute atomic E-state index is 5.53. The lowest BCUT2D eigenvalue weighted by Crippen LogP contribution is -1.96. The summed E-state index contributed by atoms with van der Waals surface area (Å²) in [6.45, 7) is 0.485. The van der Waals surface area contributed by atoms with E-state index in [-0.39, 0.29) is 0 Å². The quantitative estimate of drug-likeness (QED) is 0.894. The minimum atomic E-state index is 0.485. The fraction of sp³-hybridized carbons (Fsp3) is 0.100. The molecule has 0 aliphatic rings. The number of aromatic nitrogens is 1. The topological polar surface area (TPSA) is 52.0 Å². The molecule has 2 N–H and O–H groups in total. The molecule has 3 nitrogen and oxygen atoms in total. The van der Waals surface area contributed by atoms with E-state index in [9.17, 15) is 0 Å². The molecule has 0 radical (unpaired) electrons. The molecule has 0 atom stereocenters. The zero-order valence-corrected chi connectivity index (χ0v) is 8.99. The van der Waals surface area contributed by atoms with E-state index in [1.54, 1.807) is 18.7 Å². The average molecular weight is 253 g/mol. The summed E-state index contributed by atoms with van der Waals surface area (Å²) in [5, 5.41) is 0. The van der Waals surface area contributed by atoms with Crippen LogP contribution in [0.1, 0.15) is 5.56 Å².